The number of rotatable bonds is 5. The molecule has 0 spiro atoms. The molecule has 1 atom stereocenters. The van der Waals surface area contributed by atoms with Gasteiger partial charge in [-0.15, -0.1) is 5.10 Å². The summed E-state index contributed by atoms with van der Waals surface area (Å²) < 4.78 is 1.79. The zero-order valence-electron chi connectivity index (χ0n) is 15.6. The van der Waals surface area contributed by atoms with Crippen molar-refractivity contribution in [3.05, 3.63) is 42.0 Å². The van der Waals surface area contributed by atoms with Gasteiger partial charge in [-0.2, -0.15) is 0 Å². The fourth-order valence-electron chi connectivity index (χ4n) is 3.93. The van der Waals surface area contributed by atoms with Crippen molar-refractivity contribution in [3.63, 3.8) is 0 Å². The number of pyridine rings is 1. The molecule has 2 aliphatic heterocycles. The van der Waals surface area contributed by atoms with E-state index >= 15 is 0 Å². The zero-order chi connectivity index (χ0) is 18.5. The van der Waals surface area contributed by atoms with Gasteiger partial charge in [0.15, 0.2) is 5.69 Å². The van der Waals surface area contributed by atoms with E-state index in [0.29, 0.717) is 5.69 Å². The Labute approximate surface area is 159 Å². The predicted molar refractivity (Wildman–Crippen MR) is 101 cm³/mol. The average Bonchev–Trinajstić information content (AvgIpc) is 3.22. The van der Waals surface area contributed by atoms with E-state index in [2.05, 4.69) is 25.5 Å². The standard InChI is InChI=1S/C19H27N7O/c27-19(26-9-2-1-5-18(26)16-4-3-6-21-14-16)17-15-25(23-22-17)13-12-24-10-7-20-8-11-24/h3-4,6,14-15,18,20H,1-2,5,7-13H2/t18-/m0/s1. The number of nitrogens with zero attached hydrogens (tertiary/aromatic N) is 6. The summed E-state index contributed by atoms with van der Waals surface area (Å²) in [5, 5.41) is 11.7. The largest absolute Gasteiger partial charge is 0.330 e. The van der Waals surface area contributed by atoms with Gasteiger partial charge >= 0.3 is 0 Å². The predicted octanol–water partition coefficient (Wildman–Crippen LogP) is 0.946. The number of likely N-dealkylation sites (tertiary alicyclic amines) is 1. The van der Waals surface area contributed by atoms with Crippen LogP contribution in [-0.2, 0) is 6.54 Å². The van der Waals surface area contributed by atoms with E-state index in [1.165, 1.54) is 0 Å². The smallest absolute Gasteiger partial charge is 0.276 e. The summed E-state index contributed by atoms with van der Waals surface area (Å²) in [6.07, 6.45) is 8.54. The SMILES string of the molecule is O=C(c1cn(CCN2CCNCC2)nn1)N1CCCC[C@H]1c1cccnc1. The van der Waals surface area contributed by atoms with Crippen molar-refractivity contribution in [2.24, 2.45) is 0 Å². The molecule has 0 saturated carbocycles. The molecule has 0 radical (unpaired) electrons. The first-order valence-corrected chi connectivity index (χ1v) is 9.85. The van der Waals surface area contributed by atoms with Gasteiger partial charge in [-0.1, -0.05) is 11.3 Å². The second kappa shape index (κ2) is 8.58. The molecular formula is C19H27N7O. The van der Waals surface area contributed by atoms with Crippen LogP contribution >= 0.6 is 0 Å². The second-order valence-corrected chi connectivity index (χ2v) is 7.25. The van der Waals surface area contributed by atoms with Crippen LogP contribution in [0, 0.1) is 0 Å². The average molecular weight is 369 g/mol. The maximum absolute atomic E-state index is 13.1. The van der Waals surface area contributed by atoms with Crippen LogP contribution in [0.2, 0.25) is 0 Å². The lowest BCUT2D eigenvalue weighted by Crippen LogP contribution is -2.44. The number of hydrogen-bond donors (Lipinski definition) is 1. The third kappa shape index (κ3) is 4.33. The highest BCUT2D eigenvalue weighted by Crippen LogP contribution is 2.31. The molecule has 4 heterocycles. The molecule has 2 aromatic rings. The molecule has 0 aliphatic carbocycles. The molecule has 2 fully saturated rings. The fraction of sp³-hybridized carbons (Fsp3) is 0.579. The maximum Gasteiger partial charge on any atom is 0.276 e. The quantitative estimate of drug-likeness (QED) is 0.845. The fourth-order valence-corrected chi connectivity index (χ4v) is 3.93. The Hall–Kier alpha value is -2.32. The highest BCUT2D eigenvalue weighted by molar-refractivity contribution is 5.92. The minimum absolute atomic E-state index is 0.0306. The van der Waals surface area contributed by atoms with Crippen molar-refractivity contribution < 1.29 is 4.79 Å². The van der Waals surface area contributed by atoms with Crippen LogP contribution in [0.5, 0.6) is 0 Å². The Balaban J connectivity index is 1.41. The van der Waals surface area contributed by atoms with E-state index in [-0.39, 0.29) is 11.9 Å². The lowest BCUT2D eigenvalue weighted by Gasteiger charge is -2.35. The molecule has 0 unspecified atom stereocenters. The van der Waals surface area contributed by atoms with Crippen LogP contribution in [0.15, 0.2) is 30.7 Å². The lowest BCUT2D eigenvalue weighted by molar-refractivity contribution is 0.0605. The summed E-state index contributed by atoms with van der Waals surface area (Å²) in [6, 6.07) is 4.05. The number of amides is 1. The summed E-state index contributed by atoms with van der Waals surface area (Å²) in [4.78, 5) is 21.6. The van der Waals surface area contributed by atoms with Crippen LogP contribution in [0.1, 0.15) is 41.4 Å². The normalized spacial score (nSPS) is 21.3. The first-order chi connectivity index (χ1) is 13.3. The maximum atomic E-state index is 13.1. The molecule has 0 bridgehead atoms. The van der Waals surface area contributed by atoms with Crippen molar-refractivity contribution in [2.45, 2.75) is 31.8 Å². The van der Waals surface area contributed by atoms with Crippen LogP contribution in [0.4, 0.5) is 0 Å². The lowest BCUT2D eigenvalue weighted by atomic mass is 9.96. The van der Waals surface area contributed by atoms with Crippen molar-refractivity contribution in [1.82, 2.24) is 35.1 Å². The van der Waals surface area contributed by atoms with E-state index in [9.17, 15) is 4.79 Å². The number of piperazine rings is 1. The molecule has 144 valence electrons. The van der Waals surface area contributed by atoms with Gasteiger partial charge in [0.2, 0.25) is 0 Å². The number of piperidine rings is 1. The molecule has 8 nitrogen and oxygen atoms in total. The molecule has 27 heavy (non-hydrogen) atoms. The Morgan fingerprint density at radius 2 is 2.07 bits per heavy atom. The molecule has 8 heteroatoms. The third-order valence-electron chi connectivity index (χ3n) is 5.45. The minimum atomic E-state index is -0.0306. The van der Waals surface area contributed by atoms with Gasteiger partial charge in [0.25, 0.3) is 5.91 Å². The molecule has 2 aromatic heterocycles. The van der Waals surface area contributed by atoms with Gasteiger partial charge < -0.3 is 10.2 Å². The Morgan fingerprint density at radius 3 is 2.89 bits per heavy atom. The molecule has 2 saturated heterocycles. The van der Waals surface area contributed by atoms with Crippen LogP contribution in [-0.4, -0.2) is 75.0 Å². The van der Waals surface area contributed by atoms with E-state index < -0.39 is 0 Å². The highest BCUT2D eigenvalue weighted by Gasteiger charge is 2.30. The summed E-state index contributed by atoms with van der Waals surface area (Å²) in [5.41, 5.74) is 1.53. The molecule has 0 aromatic carbocycles. The molecule has 4 rings (SSSR count). The van der Waals surface area contributed by atoms with E-state index in [0.717, 1.165) is 70.6 Å². The summed E-state index contributed by atoms with van der Waals surface area (Å²) >= 11 is 0. The molecule has 1 amide bonds. The van der Waals surface area contributed by atoms with Crippen molar-refractivity contribution in [2.75, 3.05) is 39.3 Å². The van der Waals surface area contributed by atoms with Gasteiger partial charge in [-0.05, 0) is 30.9 Å². The number of aromatic nitrogens is 4. The number of carbonyl (C=O) groups excluding carboxylic acids is 1. The summed E-state index contributed by atoms with van der Waals surface area (Å²) in [5.74, 6) is -0.0306. The van der Waals surface area contributed by atoms with Gasteiger partial charge in [0.1, 0.15) is 0 Å². The zero-order valence-corrected chi connectivity index (χ0v) is 15.6. The first kappa shape index (κ1) is 18.1. The second-order valence-electron chi connectivity index (χ2n) is 7.25. The van der Waals surface area contributed by atoms with Crippen molar-refractivity contribution in [1.29, 1.82) is 0 Å². The number of carbonyl (C=O) groups is 1. The van der Waals surface area contributed by atoms with E-state index in [4.69, 9.17) is 0 Å². The Bertz CT molecular complexity index is 742. The van der Waals surface area contributed by atoms with Gasteiger partial charge in [0, 0.05) is 51.7 Å². The highest BCUT2D eigenvalue weighted by atomic mass is 16.2. The van der Waals surface area contributed by atoms with Crippen molar-refractivity contribution >= 4 is 5.91 Å². The van der Waals surface area contributed by atoms with Crippen LogP contribution in [0.25, 0.3) is 0 Å². The minimum Gasteiger partial charge on any atom is -0.330 e. The topological polar surface area (TPSA) is 79.2 Å². The number of hydrogen-bond acceptors (Lipinski definition) is 6. The van der Waals surface area contributed by atoms with Gasteiger partial charge in [0.05, 0.1) is 18.8 Å². The molecular weight excluding hydrogens is 342 g/mol. The summed E-state index contributed by atoms with van der Waals surface area (Å²) in [6.45, 7) is 6.62. The first-order valence-electron chi connectivity index (χ1n) is 9.85. The Kier molecular flexibility index (Phi) is 5.74. The van der Waals surface area contributed by atoms with Crippen LogP contribution in [0.3, 0.4) is 0 Å². The van der Waals surface area contributed by atoms with Gasteiger partial charge in [-0.25, -0.2) is 0 Å². The molecule has 1 N–H and O–H groups in total. The monoisotopic (exact) mass is 369 g/mol. The van der Waals surface area contributed by atoms with E-state index in [1.807, 2.05) is 23.2 Å². The molecule has 2 aliphatic rings. The number of nitrogens with one attached hydrogen (secondary N) is 1. The van der Waals surface area contributed by atoms with Gasteiger partial charge in [-0.3, -0.25) is 19.4 Å². The van der Waals surface area contributed by atoms with Crippen molar-refractivity contribution in [3.8, 4) is 0 Å². The third-order valence-corrected chi connectivity index (χ3v) is 5.45. The Morgan fingerprint density at radius 1 is 1.19 bits per heavy atom. The summed E-state index contributed by atoms with van der Waals surface area (Å²) in [7, 11) is 0. The van der Waals surface area contributed by atoms with E-state index in [1.54, 1.807) is 17.1 Å². The van der Waals surface area contributed by atoms with Crippen LogP contribution < -0.4 is 5.32 Å².